The van der Waals surface area contributed by atoms with Crippen LogP contribution >= 0.6 is 11.6 Å². The molecule has 0 aromatic heterocycles. The van der Waals surface area contributed by atoms with E-state index >= 15 is 0 Å². The highest BCUT2D eigenvalue weighted by Crippen LogP contribution is 2.18. The standard InChI is InChI=1S/C19H21ClN2O4/c1-2-14-7-4-6-10-17(14)26-13-19(24)22-21-18(23)12-25-11-15-8-3-5-9-16(15)20/h3-10H,2,11-13H2,1H3,(H,21,23)(H,22,24). The number of hydrogen-bond donors (Lipinski definition) is 2. The van der Waals surface area contributed by atoms with Crippen LogP contribution in [0.1, 0.15) is 18.1 Å². The third-order valence-corrected chi connectivity index (χ3v) is 3.87. The maximum atomic E-state index is 11.8. The minimum absolute atomic E-state index is 0.197. The van der Waals surface area contributed by atoms with E-state index in [0.29, 0.717) is 10.8 Å². The molecule has 138 valence electrons. The third kappa shape index (κ3) is 6.38. The van der Waals surface area contributed by atoms with Gasteiger partial charge >= 0.3 is 0 Å². The molecule has 0 atom stereocenters. The van der Waals surface area contributed by atoms with Gasteiger partial charge in [-0.1, -0.05) is 54.9 Å². The van der Waals surface area contributed by atoms with Crippen LogP contribution in [0.5, 0.6) is 5.75 Å². The first kappa shape index (κ1) is 19.8. The number of carbonyl (C=O) groups is 2. The van der Waals surface area contributed by atoms with Crippen molar-refractivity contribution in [2.75, 3.05) is 13.2 Å². The van der Waals surface area contributed by atoms with Crippen LogP contribution in [-0.2, 0) is 27.4 Å². The number of amides is 2. The Morgan fingerprint density at radius 3 is 2.23 bits per heavy atom. The van der Waals surface area contributed by atoms with Crippen LogP contribution in [0.25, 0.3) is 0 Å². The molecule has 0 heterocycles. The van der Waals surface area contributed by atoms with Crippen molar-refractivity contribution >= 4 is 23.4 Å². The summed E-state index contributed by atoms with van der Waals surface area (Å²) >= 11 is 6.00. The summed E-state index contributed by atoms with van der Waals surface area (Å²) in [6.45, 7) is 1.81. The summed E-state index contributed by atoms with van der Waals surface area (Å²) in [4.78, 5) is 23.4. The maximum Gasteiger partial charge on any atom is 0.276 e. The van der Waals surface area contributed by atoms with Gasteiger partial charge in [-0.2, -0.15) is 0 Å². The molecule has 0 spiro atoms. The van der Waals surface area contributed by atoms with Gasteiger partial charge in [-0.05, 0) is 29.7 Å². The average Bonchev–Trinajstić information content (AvgIpc) is 2.66. The highest BCUT2D eigenvalue weighted by molar-refractivity contribution is 6.31. The minimum atomic E-state index is -0.473. The second kappa shape index (κ2) is 10.4. The molecule has 7 heteroatoms. The molecule has 26 heavy (non-hydrogen) atoms. The number of hydrogen-bond acceptors (Lipinski definition) is 4. The van der Waals surface area contributed by atoms with Gasteiger partial charge in [0.2, 0.25) is 0 Å². The Kier molecular flexibility index (Phi) is 7.92. The Labute approximate surface area is 157 Å². The number of para-hydroxylation sites is 1. The number of aryl methyl sites for hydroxylation is 1. The van der Waals surface area contributed by atoms with Gasteiger partial charge in [0.05, 0.1) is 6.61 Å². The molecule has 2 aromatic carbocycles. The van der Waals surface area contributed by atoms with Crippen molar-refractivity contribution in [2.24, 2.45) is 0 Å². The summed E-state index contributed by atoms with van der Waals surface area (Å²) in [5, 5.41) is 0.575. The molecule has 2 N–H and O–H groups in total. The largest absolute Gasteiger partial charge is 0.483 e. The monoisotopic (exact) mass is 376 g/mol. The van der Waals surface area contributed by atoms with Crippen molar-refractivity contribution < 1.29 is 19.1 Å². The Bertz CT molecular complexity index is 752. The van der Waals surface area contributed by atoms with Gasteiger partial charge in [-0.3, -0.25) is 20.4 Å². The normalized spacial score (nSPS) is 10.2. The zero-order valence-corrected chi connectivity index (χ0v) is 15.2. The minimum Gasteiger partial charge on any atom is -0.483 e. The fourth-order valence-electron chi connectivity index (χ4n) is 2.16. The maximum absolute atomic E-state index is 11.8. The van der Waals surface area contributed by atoms with E-state index in [2.05, 4.69) is 10.9 Å². The number of hydrazine groups is 1. The molecule has 0 bridgehead atoms. The van der Waals surface area contributed by atoms with Gasteiger partial charge in [0, 0.05) is 5.02 Å². The first-order valence-electron chi connectivity index (χ1n) is 8.19. The molecule has 0 aliphatic carbocycles. The molecule has 2 amide bonds. The SMILES string of the molecule is CCc1ccccc1OCC(=O)NNC(=O)COCc1ccccc1Cl. The first-order valence-corrected chi connectivity index (χ1v) is 8.57. The zero-order chi connectivity index (χ0) is 18.8. The highest BCUT2D eigenvalue weighted by Gasteiger charge is 2.08. The van der Waals surface area contributed by atoms with Gasteiger partial charge in [0.25, 0.3) is 11.8 Å². The Balaban J connectivity index is 1.65. The average molecular weight is 377 g/mol. The van der Waals surface area contributed by atoms with Crippen molar-refractivity contribution in [3.8, 4) is 5.75 Å². The van der Waals surface area contributed by atoms with Crippen molar-refractivity contribution in [2.45, 2.75) is 20.0 Å². The topological polar surface area (TPSA) is 76.7 Å². The van der Waals surface area contributed by atoms with E-state index in [1.54, 1.807) is 12.1 Å². The zero-order valence-electron chi connectivity index (χ0n) is 14.5. The van der Waals surface area contributed by atoms with Gasteiger partial charge in [-0.15, -0.1) is 0 Å². The molecule has 0 unspecified atom stereocenters. The molecule has 0 aliphatic rings. The lowest BCUT2D eigenvalue weighted by Gasteiger charge is -2.11. The number of rotatable bonds is 8. The predicted octanol–water partition coefficient (Wildman–Crippen LogP) is 2.65. The van der Waals surface area contributed by atoms with E-state index in [1.165, 1.54) is 0 Å². The highest BCUT2D eigenvalue weighted by atomic mass is 35.5. The quantitative estimate of drug-likeness (QED) is 0.694. The van der Waals surface area contributed by atoms with Crippen molar-refractivity contribution in [3.63, 3.8) is 0 Å². The van der Waals surface area contributed by atoms with Crippen LogP contribution in [0.3, 0.4) is 0 Å². The number of ether oxygens (including phenoxy) is 2. The number of benzene rings is 2. The lowest BCUT2D eigenvalue weighted by Crippen LogP contribution is -2.45. The van der Waals surface area contributed by atoms with Crippen LogP contribution < -0.4 is 15.6 Å². The summed E-state index contributed by atoms with van der Waals surface area (Å²) in [6.07, 6.45) is 0.803. The van der Waals surface area contributed by atoms with Gasteiger partial charge in [0.15, 0.2) is 6.61 Å². The van der Waals surface area contributed by atoms with E-state index < -0.39 is 11.8 Å². The van der Waals surface area contributed by atoms with Gasteiger partial charge < -0.3 is 9.47 Å². The third-order valence-electron chi connectivity index (χ3n) is 3.50. The molecular weight excluding hydrogens is 356 g/mol. The van der Waals surface area contributed by atoms with Crippen molar-refractivity contribution in [1.29, 1.82) is 0 Å². The van der Waals surface area contributed by atoms with Crippen molar-refractivity contribution in [3.05, 3.63) is 64.7 Å². The summed E-state index contributed by atoms with van der Waals surface area (Å²) < 4.78 is 10.7. The van der Waals surface area contributed by atoms with Crippen LogP contribution in [0, 0.1) is 0 Å². The second-order valence-electron chi connectivity index (χ2n) is 5.43. The van der Waals surface area contributed by atoms with Gasteiger partial charge in [-0.25, -0.2) is 0 Å². The molecule has 0 saturated heterocycles. The molecule has 0 saturated carbocycles. The van der Waals surface area contributed by atoms with E-state index in [1.807, 2.05) is 43.3 Å². The van der Waals surface area contributed by atoms with Crippen LogP contribution in [0.15, 0.2) is 48.5 Å². The first-order chi connectivity index (χ1) is 12.6. The van der Waals surface area contributed by atoms with Crippen LogP contribution in [0.4, 0.5) is 0 Å². The lowest BCUT2D eigenvalue weighted by molar-refractivity contribution is -0.132. The molecule has 2 aromatic rings. The van der Waals surface area contributed by atoms with E-state index in [4.69, 9.17) is 21.1 Å². The number of carbonyl (C=O) groups excluding carboxylic acids is 2. The fraction of sp³-hybridized carbons (Fsp3) is 0.263. The number of nitrogens with one attached hydrogen (secondary N) is 2. The Hall–Kier alpha value is -2.57. The summed E-state index contributed by atoms with van der Waals surface area (Å²) in [5.74, 6) is -0.283. The van der Waals surface area contributed by atoms with E-state index in [-0.39, 0.29) is 19.8 Å². The molecule has 0 aliphatic heterocycles. The van der Waals surface area contributed by atoms with Crippen LogP contribution in [0.2, 0.25) is 5.02 Å². The predicted molar refractivity (Wildman–Crippen MR) is 98.7 cm³/mol. The van der Waals surface area contributed by atoms with Crippen molar-refractivity contribution in [1.82, 2.24) is 10.9 Å². The van der Waals surface area contributed by atoms with E-state index in [0.717, 1.165) is 17.5 Å². The Morgan fingerprint density at radius 1 is 0.923 bits per heavy atom. The summed E-state index contributed by atoms with van der Waals surface area (Å²) in [7, 11) is 0. The fourth-order valence-corrected chi connectivity index (χ4v) is 2.35. The molecule has 2 rings (SSSR count). The smallest absolute Gasteiger partial charge is 0.276 e. The number of halogens is 1. The van der Waals surface area contributed by atoms with Crippen LogP contribution in [-0.4, -0.2) is 25.0 Å². The molecule has 0 fully saturated rings. The Morgan fingerprint density at radius 2 is 1.54 bits per heavy atom. The summed E-state index contributed by atoms with van der Waals surface area (Å²) in [5.41, 5.74) is 6.35. The second-order valence-corrected chi connectivity index (χ2v) is 5.84. The summed E-state index contributed by atoms with van der Waals surface area (Å²) in [6, 6.07) is 14.7. The van der Waals surface area contributed by atoms with E-state index in [9.17, 15) is 9.59 Å². The van der Waals surface area contributed by atoms with Gasteiger partial charge in [0.1, 0.15) is 12.4 Å². The molecule has 6 nitrogen and oxygen atoms in total. The lowest BCUT2D eigenvalue weighted by atomic mass is 10.1. The molecular formula is C19H21ClN2O4. The molecule has 0 radical (unpaired) electrons.